The van der Waals surface area contributed by atoms with Crippen molar-refractivity contribution >= 4 is 11.8 Å². The van der Waals surface area contributed by atoms with E-state index in [1.165, 1.54) is 4.90 Å². The fraction of sp³-hybridized carbons (Fsp3) is 0.500. The van der Waals surface area contributed by atoms with E-state index in [9.17, 15) is 0 Å². The van der Waals surface area contributed by atoms with Crippen LogP contribution >= 0.6 is 11.8 Å². The highest BCUT2D eigenvalue weighted by Crippen LogP contribution is 2.33. The summed E-state index contributed by atoms with van der Waals surface area (Å²) in [6, 6.07) is 10.6. The molecular formula is C14H19NS. The van der Waals surface area contributed by atoms with Gasteiger partial charge in [0, 0.05) is 9.64 Å². The fourth-order valence-electron chi connectivity index (χ4n) is 1.36. The van der Waals surface area contributed by atoms with Crippen molar-refractivity contribution in [3.63, 3.8) is 0 Å². The second-order valence-electron chi connectivity index (χ2n) is 5.48. The van der Waals surface area contributed by atoms with Crippen LogP contribution in [0.2, 0.25) is 0 Å². The van der Waals surface area contributed by atoms with Crippen LogP contribution in [0.15, 0.2) is 29.2 Å². The van der Waals surface area contributed by atoms with Gasteiger partial charge in [0.15, 0.2) is 0 Å². The van der Waals surface area contributed by atoms with Crippen LogP contribution in [0.1, 0.15) is 40.2 Å². The van der Waals surface area contributed by atoms with Gasteiger partial charge in [-0.15, -0.1) is 11.8 Å². The van der Waals surface area contributed by atoms with Crippen molar-refractivity contribution in [1.82, 2.24) is 0 Å². The van der Waals surface area contributed by atoms with Gasteiger partial charge in [-0.1, -0.05) is 32.9 Å². The summed E-state index contributed by atoms with van der Waals surface area (Å²) < 4.78 is 0.228. The standard InChI is InChI=1S/C14H19NS/c1-13(2,3)16-12-8-6-11(7-9-12)14(4,5)10-15/h6-9H,1-5H3. The SMILES string of the molecule is CC(C)(C)Sc1ccc(C(C)(C)C#N)cc1. The lowest BCUT2D eigenvalue weighted by atomic mass is 9.87. The molecule has 0 amide bonds. The summed E-state index contributed by atoms with van der Waals surface area (Å²) in [6.45, 7) is 10.5. The molecule has 0 saturated heterocycles. The van der Waals surface area contributed by atoms with Gasteiger partial charge in [0.05, 0.1) is 11.5 Å². The molecule has 0 atom stereocenters. The maximum Gasteiger partial charge on any atom is 0.0766 e. The topological polar surface area (TPSA) is 23.8 Å². The average Bonchev–Trinajstić information content (AvgIpc) is 2.16. The van der Waals surface area contributed by atoms with Crippen LogP contribution in [0.5, 0.6) is 0 Å². The lowest BCUT2D eigenvalue weighted by Crippen LogP contribution is -2.13. The van der Waals surface area contributed by atoms with Gasteiger partial charge in [-0.25, -0.2) is 0 Å². The Morgan fingerprint density at radius 3 is 1.88 bits per heavy atom. The summed E-state index contributed by atoms with van der Waals surface area (Å²) in [5.74, 6) is 0. The first-order chi connectivity index (χ1) is 7.24. The number of hydrogen-bond donors (Lipinski definition) is 0. The Labute approximate surface area is 103 Å². The van der Waals surface area contributed by atoms with Crippen molar-refractivity contribution in [2.24, 2.45) is 0 Å². The van der Waals surface area contributed by atoms with Crippen LogP contribution in [0.25, 0.3) is 0 Å². The normalized spacial score (nSPS) is 12.2. The molecule has 0 aliphatic rings. The summed E-state index contributed by atoms with van der Waals surface area (Å²) in [5, 5.41) is 9.05. The molecule has 0 aliphatic carbocycles. The molecule has 1 nitrogen and oxygen atoms in total. The molecule has 1 rings (SSSR count). The van der Waals surface area contributed by atoms with E-state index < -0.39 is 5.41 Å². The fourth-order valence-corrected chi connectivity index (χ4v) is 2.34. The minimum absolute atomic E-state index is 0.228. The van der Waals surface area contributed by atoms with Crippen LogP contribution in [0, 0.1) is 11.3 Å². The van der Waals surface area contributed by atoms with Gasteiger partial charge >= 0.3 is 0 Å². The highest BCUT2D eigenvalue weighted by Gasteiger charge is 2.19. The van der Waals surface area contributed by atoms with Gasteiger partial charge in [0.2, 0.25) is 0 Å². The van der Waals surface area contributed by atoms with Crippen LogP contribution in [-0.4, -0.2) is 4.75 Å². The van der Waals surface area contributed by atoms with Gasteiger partial charge in [0.1, 0.15) is 0 Å². The first-order valence-electron chi connectivity index (χ1n) is 5.45. The van der Waals surface area contributed by atoms with Gasteiger partial charge in [-0.05, 0) is 31.5 Å². The van der Waals surface area contributed by atoms with Crippen LogP contribution in [0.3, 0.4) is 0 Å². The van der Waals surface area contributed by atoms with E-state index in [4.69, 9.17) is 5.26 Å². The van der Waals surface area contributed by atoms with Crippen molar-refractivity contribution in [2.75, 3.05) is 0 Å². The second-order valence-corrected chi connectivity index (χ2v) is 7.38. The van der Waals surface area contributed by atoms with E-state index in [1.807, 2.05) is 25.6 Å². The average molecular weight is 233 g/mol. The van der Waals surface area contributed by atoms with E-state index in [2.05, 4.69) is 51.1 Å². The molecule has 1 aromatic carbocycles. The van der Waals surface area contributed by atoms with E-state index in [0.29, 0.717) is 0 Å². The Morgan fingerprint density at radius 2 is 1.50 bits per heavy atom. The largest absolute Gasteiger partial charge is 0.197 e. The summed E-state index contributed by atoms with van der Waals surface area (Å²) in [7, 11) is 0. The zero-order valence-corrected chi connectivity index (χ0v) is 11.5. The molecule has 0 bridgehead atoms. The van der Waals surface area contributed by atoms with E-state index >= 15 is 0 Å². The lowest BCUT2D eigenvalue weighted by molar-refractivity contribution is 0.686. The number of nitrogens with zero attached hydrogens (tertiary/aromatic N) is 1. The van der Waals surface area contributed by atoms with Crippen molar-refractivity contribution in [2.45, 2.75) is 49.7 Å². The molecule has 0 heterocycles. The van der Waals surface area contributed by atoms with Crippen molar-refractivity contribution in [1.29, 1.82) is 5.26 Å². The van der Waals surface area contributed by atoms with Crippen LogP contribution in [0.4, 0.5) is 0 Å². The van der Waals surface area contributed by atoms with E-state index in [1.54, 1.807) is 0 Å². The molecule has 2 heteroatoms. The quantitative estimate of drug-likeness (QED) is 0.708. The second kappa shape index (κ2) is 4.51. The first kappa shape index (κ1) is 13.1. The van der Waals surface area contributed by atoms with Crippen LogP contribution in [-0.2, 0) is 5.41 Å². The smallest absolute Gasteiger partial charge is 0.0766 e. The Balaban J connectivity index is 2.89. The molecule has 0 N–H and O–H groups in total. The summed E-state index contributed by atoms with van der Waals surface area (Å²) in [6.07, 6.45) is 0. The third-order valence-electron chi connectivity index (χ3n) is 2.28. The van der Waals surface area contributed by atoms with Gasteiger partial charge in [-0.3, -0.25) is 0 Å². The van der Waals surface area contributed by atoms with Crippen molar-refractivity contribution in [3.8, 4) is 6.07 Å². The first-order valence-corrected chi connectivity index (χ1v) is 6.27. The summed E-state index contributed by atoms with van der Waals surface area (Å²) in [5.41, 5.74) is 0.679. The third kappa shape index (κ3) is 3.57. The Kier molecular flexibility index (Phi) is 3.70. The molecule has 0 fully saturated rings. The molecule has 0 saturated carbocycles. The molecule has 0 spiro atoms. The summed E-state index contributed by atoms with van der Waals surface area (Å²) >= 11 is 1.84. The highest BCUT2D eigenvalue weighted by molar-refractivity contribution is 8.00. The van der Waals surface area contributed by atoms with Gasteiger partial charge in [-0.2, -0.15) is 5.26 Å². The molecular weight excluding hydrogens is 214 g/mol. The molecule has 0 aliphatic heterocycles. The molecule has 0 unspecified atom stereocenters. The number of benzene rings is 1. The Bertz CT molecular complexity index is 390. The van der Waals surface area contributed by atoms with Crippen molar-refractivity contribution in [3.05, 3.63) is 29.8 Å². The number of nitriles is 1. The number of thioether (sulfide) groups is 1. The number of hydrogen-bond acceptors (Lipinski definition) is 2. The molecule has 0 radical (unpaired) electrons. The predicted molar refractivity (Wildman–Crippen MR) is 70.7 cm³/mol. The highest BCUT2D eigenvalue weighted by atomic mass is 32.2. The van der Waals surface area contributed by atoms with Gasteiger partial charge < -0.3 is 0 Å². The molecule has 86 valence electrons. The maximum atomic E-state index is 9.05. The zero-order valence-electron chi connectivity index (χ0n) is 10.7. The minimum atomic E-state index is -0.398. The van der Waals surface area contributed by atoms with Crippen molar-refractivity contribution < 1.29 is 0 Å². The third-order valence-corrected chi connectivity index (χ3v) is 3.40. The van der Waals surface area contributed by atoms with E-state index in [-0.39, 0.29) is 4.75 Å². The zero-order chi connectivity index (χ0) is 12.4. The predicted octanol–water partition coefficient (Wildman–Crippen LogP) is 4.38. The van der Waals surface area contributed by atoms with E-state index in [0.717, 1.165) is 5.56 Å². The van der Waals surface area contributed by atoms with Crippen LogP contribution < -0.4 is 0 Å². The monoisotopic (exact) mass is 233 g/mol. The Hall–Kier alpha value is -0.940. The minimum Gasteiger partial charge on any atom is -0.197 e. The lowest BCUT2D eigenvalue weighted by Gasteiger charge is -2.19. The Morgan fingerprint density at radius 1 is 1.00 bits per heavy atom. The number of rotatable bonds is 2. The maximum absolute atomic E-state index is 9.05. The van der Waals surface area contributed by atoms with Gasteiger partial charge in [0.25, 0.3) is 0 Å². The molecule has 1 aromatic rings. The molecule has 0 aromatic heterocycles. The summed E-state index contributed by atoms with van der Waals surface area (Å²) in [4.78, 5) is 1.25. The molecule has 16 heavy (non-hydrogen) atoms.